The number of benzene rings is 1. The highest BCUT2D eigenvalue weighted by Crippen LogP contribution is 2.22. The fraction of sp³-hybridized carbons (Fsp3) is 0.538. The maximum atomic E-state index is 13.0. The molecule has 0 fully saturated rings. The van der Waals surface area contributed by atoms with Crippen LogP contribution in [0.4, 0.5) is 4.39 Å². The summed E-state index contributed by atoms with van der Waals surface area (Å²) in [4.78, 5) is 0. The van der Waals surface area contributed by atoms with Crippen LogP contribution in [-0.2, 0) is 6.42 Å². The van der Waals surface area contributed by atoms with Crippen LogP contribution >= 0.6 is 0 Å². The third-order valence-corrected chi connectivity index (χ3v) is 2.39. The van der Waals surface area contributed by atoms with Gasteiger partial charge in [0.05, 0.1) is 0 Å². The lowest BCUT2D eigenvalue weighted by Gasteiger charge is -2.17. The van der Waals surface area contributed by atoms with Gasteiger partial charge in [-0.15, -0.1) is 0 Å². The van der Waals surface area contributed by atoms with E-state index in [0.717, 1.165) is 18.4 Å². The first-order chi connectivity index (χ1) is 6.38. The number of hydrogen-bond acceptors (Lipinski definition) is 0. The summed E-state index contributed by atoms with van der Waals surface area (Å²) in [5.74, 6) is -0.107. The van der Waals surface area contributed by atoms with Gasteiger partial charge in [-0.1, -0.05) is 32.9 Å². The molecule has 1 rings (SSSR count). The van der Waals surface area contributed by atoms with E-state index in [1.807, 2.05) is 19.1 Å². The molecule has 0 atom stereocenters. The van der Waals surface area contributed by atoms with Crippen LogP contribution in [0.1, 0.15) is 38.3 Å². The maximum Gasteiger partial charge on any atom is 0.126 e. The molecular formula is C13H19F. The van der Waals surface area contributed by atoms with Crippen LogP contribution in [0.3, 0.4) is 0 Å². The van der Waals surface area contributed by atoms with Crippen molar-refractivity contribution in [1.29, 1.82) is 0 Å². The molecule has 0 bridgehead atoms. The average molecular weight is 194 g/mol. The van der Waals surface area contributed by atoms with Crippen LogP contribution < -0.4 is 0 Å². The second-order valence-corrected chi connectivity index (χ2v) is 5.14. The zero-order valence-corrected chi connectivity index (χ0v) is 9.52. The van der Waals surface area contributed by atoms with Gasteiger partial charge >= 0.3 is 0 Å². The van der Waals surface area contributed by atoms with Crippen LogP contribution in [0.15, 0.2) is 18.2 Å². The van der Waals surface area contributed by atoms with E-state index in [-0.39, 0.29) is 5.82 Å². The zero-order chi connectivity index (χ0) is 10.8. The van der Waals surface area contributed by atoms with Crippen molar-refractivity contribution < 1.29 is 4.39 Å². The van der Waals surface area contributed by atoms with Gasteiger partial charge in [-0.2, -0.15) is 0 Å². The Morgan fingerprint density at radius 1 is 1.21 bits per heavy atom. The fourth-order valence-corrected chi connectivity index (χ4v) is 1.38. The molecule has 0 aliphatic carbocycles. The van der Waals surface area contributed by atoms with E-state index in [1.165, 1.54) is 5.56 Å². The molecule has 14 heavy (non-hydrogen) atoms. The van der Waals surface area contributed by atoms with Gasteiger partial charge in [0.15, 0.2) is 0 Å². The molecule has 1 aromatic rings. The van der Waals surface area contributed by atoms with E-state index in [4.69, 9.17) is 0 Å². The number of aryl methyl sites for hydroxylation is 2. The number of hydrogen-bond donors (Lipinski definition) is 0. The van der Waals surface area contributed by atoms with Gasteiger partial charge in [-0.05, 0) is 42.4 Å². The standard InChI is InChI=1S/C13H19F/c1-10-9-11(5-6-12(10)14)7-8-13(2,3)4/h5-6,9H,7-8H2,1-4H3. The van der Waals surface area contributed by atoms with Gasteiger partial charge in [-0.25, -0.2) is 4.39 Å². The quantitative estimate of drug-likeness (QED) is 0.664. The summed E-state index contributed by atoms with van der Waals surface area (Å²) in [6.45, 7) is 8.49. The van der Waals surface area contributed by atoms with Crippen molar-refractivity contribution in [3.63, 3.8) is 0 Å². The molecule has 0 heterocycles. The predicted octanol–water partition coefficient (Wildman–Crippen LogP) is 4.11. The summed E-state index contributed by atoms with van der Waals surface area (Å²) >= 11 is 0. The minimum absolute atomic E-state index is 0.107. The maximum absolute atomic E-state index is 13.0. The van der Waals surface area contributed by atoms with E-state index < -0.39 is 0 Å². The van der Waals surface area contributed by atoms with Crippen molar-refractivity contribution in [2.45, 2.75) is 40.5 Å². The Labute approximate surface area is 86.2 Å². The lowest BCUT2D eigenvalue weighted by molar-refractivity contribution is 0.378. The summed E-state index contributed by atoms with van der Waals surface area (Å²) in [7, 11) is 0. The van der Waals surface area contributed by atoms with Crippen molar-refractivity contribution in [3.05, 3.63) is 35.1 Å². The normalized spacial score (nSPS) is 11.8. The molecular weight excluding hydrogens is 175 g/mol. The van der Waals surface area contributed by atoms with Gasteiger partial charge in [0, 0.05) is 0 Å². The smallest absolute Gasteiger partial charge is 0.126 e. The van der Waals surface area contributed by atoms with Gasteiger partial charge in [0.2, 0.25) is 0 Å². The van der Waals surface area contributed by atoms with Crippen LogP contribution in [0.2, 0.25) is 0 Å². The van der Waals surface area contributed by atoms with Crippen LogP contribution in [0.25, 0.3) is 0 Å². The van der Waals surface area contributed by atoms with E-state index in [2.05, 4.69) is 20.8 Å². The molecule has 0 amide bonds. The SMILES string of the molecule is Cc1cc(CCC(C)(C)C)ccc1F. The molecule has 0 saturated carbocycles. The second kappa shape index (κ2) is 4.12. The van der Waals surface area contributed by atoms with Crippen molar-refractivity contribution in [3.8, 4) is 0 Å². The lowest BCUT2D eigenvalue weighted by Crippen LogP contribution is -2.06. The Balaban J connectivity index is 2.65. The first-order valence-electron chi connectivity index (χ1n) is 5.13. The Bertz CT molecular complexity index is 308. The molecule has 0 aliphatic heterocycles. The zero-order valence-electron chi connectivity index (χ0n) is 9.52. The molecule has 1 aromatic carbocycles. The van der Waals surface area contributed by atoms with E-state index in [0.29, 0.717) is 5.41 Å². The summed E-state index contributed by atoms with van der Waals surface area (Å²) in [6.07, 6.45) is 2.17. The molecule has 0 unspecified atom stereocenters. The van der Waals surface area contributed by atoms with Crippen LogP contribution in [-0.4, -0.2) is 0 Å². The number of halogens is 1. The lowest BCUT2D eigenvalue weighted by atomic mass is 9.88. The third kappa shape index (κ3) is 3.49. The Hall–Kier alpha value is -0.850. The van der Waals surface area contributed by atoms with Crippen LogP contribution in [0.5, 0.6) is 0 Å². The van der Waals surface area contributed by atoms with Crippen molar-refractivity contribution in [2.75, 3.05) is 0 Å². The fourth-order valence-electron chi connectivity index (χ4n) is 1.38. The van der Waals surface area contributed by atoms with Crippen LogP contribution in [0, 0.1) is 18.2 Å². The predicted molar refractivity (Wildman–Crippen MR) is 58.9 cm³/mol. The molecule has 0 nitrogen and oxygen atoms in total. The monoisotopic (exact) mass is 194 g/mol. The molecule has 0 saturated heterocycles. The molecule has 1 heteroatoms. The summed E-state index contributed by atoms with van der Waals surface area (Å²) < 4.78 is 13.0. The average Bonchev–Trinajstić information content (AvgIpc) is 2.06. The minimum atomic E-state index is -0.107. The molecule has 0 N–H and O–H groups in total. The highest BCUT2D eigenvalue weighted by Gasteiger charge is 2.10. The Morgan fingerprint density at radius 3 is 2.36 bits per heavy atom. The van der Waals surface area contributed by atoms with Gasteiger partial charge in [0.25, 0.3) is 0 Å². The highest BCUT2D eigenvalue weighted by atomic mass is 19.1. The van der Waals surface area contributed by atoms with Crippen molar-refractivity contribution >= 4 is 0 Å². The first kappa shape index (κ1) is 11.2. The largest absolute Gasteiger partial charge is 0.207 e. The van der Waals surface area contributed by atoms with E-state index in [9.17, 15) is 4.39 Å². The molecule has 78 valence electrons. The first-order valence-corrected chi connectivity index (χ1v) is 5.13. The number of rotatable bonds is 2. The van der Waals surface area contributed by atoms with Crippen molar-refractivity contribution in [1.82, 2.24) is 0 Å². The Morgan fingerprint density at radius 2 is 1.86 bits per heavy atom. The molecule has 0 radical (unpaired) electrons. The van der Waals surface area contributed by atoms with Crippen molar-refractivity contribution in [2.24, 2.45) is 5.41 Å². The molecule has 0 spiro atoms. The van der Waals surface area contributed by atoms with Gasteiger partial charge in [-0.3, -0.25) is 0 Å². The highest BCUT2D eigenvalue weighted by molar-refractivity contribution is 5.24. The van der Waals surface area contributed by atoms with E-state index >= 15 is 0 Å². The third-order valence-electron chi connectivity index (χ3n) is 2.39. The van der Waals surface area contributed by atoms with Gasteiger partial charge in [0.1, 0.15) is 5.82 Å². The van der Waals surface area contributed by atoms with Gasteiger partial charge < -0.3 is 0 Å². The topological polar surface area (TPSA) is 0 Å². The summed E-state index contributed by atoms with van der Waals surface area (Å²) in [5, 5.41) is 0. The van der Waals surface area contributed by atoms with E-state index in [1.54, 1.807) is 6.07 Å². The molecule has 0 aromatic heterocycles. The summed E-state index contributed by atoms with van der Waals surface area (Å²) in [5.41, 5.74) is 2.33. The minimum Gasteiger partial charge on any atom is -0.207 e. The summed E-state index contributed by atoms with van der Waals surface area (Å²) in [6, 6.07) is 5.39. The second-order valence-electron chi connectivity index (χ2n) is 5.14. The molecule has 0 aliphatic rings. The Kier molecular flexibility index (Phi) is 3.30.